The van der Waals surface area contributed by atoms with E-state index >= 15 is 0 Å². The van der Waals surface area contributed by atoms with Gasteiger partial charge < -0.3 is 14.2 Å². The van der Waals surface area contributed by atoms with Gasteiger partial charge in [0.15, 0.2) is 6.10 Å². The highest BCUT2D eigenvalue weighted by Gasteiger charge is 2.19. The van der Waals surface area contributed by atoms with Crippen LogP contribution in [0.15, 0.2) is 85.1 Å². The van der Waals surface area contributed by atoms with Gasteiger partial charge in [0.05, 0.1) is 0 Å². The maximum absolute atomic E-state index is 12.8. The van der Waals surface area contributed by atoms with Gasteiger partial charge in [-0.3, -0.25) is 14.4 Å². The van der Waals surface area contributed by atoms with Gasteiger partial charge in [-0.2, -0.15) is 0 Å². The third kappa shape index (κ3) is 49.5. The van der Waals surface area contributed by atoms with Crippen LogP contribution in [-0.2, 0) is 28.6 Å². The second-order valence-electron chi connectivity index (χ2n) is 17.2. The molecular formula is C57H96O6. The van der Waals surface area contributed by atoms with Crippen LogP contribution in [0, 0.1) is 0 Å². The summed E-state index contributed by atoms with van der Waals surface area (Å²) in [4.78, 5) is 38.0. The zero-order chi connectivity index (χ0) is 45.8. The lowest BCUT2D eigenvalue weighted by molar-refractivity contribution is -0.167. The SMILES string of the molecule is CC\C=C/C=C\C=C/C=C\C=C\C=C/CCCCCC(=O)OCC(COC(=O)CCCCCCC/C=C\CCCCC)OC(=O)CCCCCCCCCCCCCCCCCC. The van der Waals surface area contributed by atoms with Crippen LogP contribution in [0.5, 0.6) is 0 Å². The molecular weight excluding hydrogens is 781 g/mol. The summed E-state index contributed by atoms with van der Waals surface area (Å²) in [5, 5.41) is 0. The fourth-order valence-electron chi connectivity index (χ4n) is 7.12. The second-order valence-corrected chi connectivity index (χ2v) is 17.2. The van der Waals surface area contributed by atoms with Gasteiger partial charge in [0.2, 0.25) is 0 Å². The Bertz CT molecular complexity index is 1240. The number of allylic oxidation sites excluding steroid dienone is 14. The molecule has 0 rings (SSSR count). The Morgan fingerprint density at radius 3 is 1.06 bits per heavy atom. The van der Waals surface area contributed by atoms with Crippen molar-refractivity contribution in [2.24, 2.45) is 0 Å². The highest BCUT2D eigenvalue weighted by Crippen LogP contribution is 2.15. The molecule has 360 valence electrons. The maximum Gasteiger partial charge on any atom is 0.306 e. The number of unbranched alkanes of at least 4 members (excludes halogenated alkanes) is 26. The van der Waals surface area contributed by atoms with E-state index < -0.39 is 6.10 Å². The van der Waals surface area contributed by atoms with Crippen LogP contribution >= 0.6 is 0 Å². The number of hydrogen-bond acceptors (Lipinski definition) is 6. The topological polar surface area (TPSA) is 78.9 Å². The molecule has 0 heterocycles. The summed E-state index contributed by atoms with van der Waals surface area (Å²) in [5.41, 5.74) is 0. The molecule has 0 spiro atoms. The Kier molecular flexibility index (Phi) is 48.5. The minimum Gasteiger partial charge on any atom is -0.462 e. The highest BCUT2D eigenvalue weighted by molar-refractivity contribution is 5.71. The molecule has 0 aliphatic carbocycles. The van der Waals surface area contributed by atoms with Crippen molar-refractivity contribution in [1.29, 1.82) is 0 Å². The van der Waals surface area contributed by atoms with E-state index in [-0.39, 0.29) is 31.1 Å². The molecule has 63 heavy (non-hydrogen) atoms. The van der Waals surface area contributed by atoms with E-state index in [1.807, 2.05) is 60.8 Å². The Labute approximate surface area is 388 Å². The molecule has 0 aromatic carbocycles. The van der Waals surface area contributed by atoms with Gasteiger partial charge in [0.1, 0.15) is 13.2 Å². The van der Waals surface area contributed by atoms with E-state index in [1.165, 1.54) is 122 Å². The van der Waals surface area contributed by atoms with Crippen molar-refractivity contribution in [2.45, 2.75) is 245 Å². The first kappa shape index (κ1) is 59.6. The third-order valence-electron chi connectivity index (χ3n) is 11.0. The van der Waals surface area contributed by atoms with Gasteiger partial charge in [-0.25, -0.2) is 0 Å². The van der Waals surface area contributed by atoms with Gasteiger partial charge in [0, 0.05) is 19.3 Å². The quantitative estimate of drug-likeness (QED) is 0.0199. The molecule has 0 aliphatic heterocycles. The zero-order valence-corrected chi connectivity index (χ0v) is 41.1. The highest BCUT2D eigenvalue weighted by atomic mass is 16.6. The number of carbonyl (C=O) groups excluding carboxylic acids is 3. The van der Waals surface area contributed by atoms with Gasteiger partial charge >= 0.3 is 17.9 Å². The van der Waals surface area contributed by atoms with Crippen LogP contribution in [0.2, 0.25) is 0 Å². The van der Waals surface area contributed by atoms with Crippen LogP contribution in [0.1, 0.15) is 239 Å². The lowest BCUT2D eigenvalue weighted by Crippen LogP contribution is -2.30. The van der Waals surface area contributed by atoms with Gasteiger partial charge in [-0.15, -0.1) is 0 Å². The molecule has 1 atom stereocenters. The Balaban J connectivity index is 4.47. The minimum atomic E-state index is -0.796. The molecule has 0 fully saturated rings. The molecule has 6 nitrogen and oxygen atoms in total. The third-order valence-corrected chi connectivity index (χ3v) is 11.0. The van der Waals surface area contributed by atoms with Crippen molar-refractivity contribution in [3.63, 3.8) is 0 Å². The molecule has 0 aliphatic rings. The van der Waals surface area contributed by atoms with E-state index in [1.54, 1.807) is 0 Å². The van der Waals surface area contributed by atoms with E-state index in [9.17, 15) is 14.4 Å². The summed E-state index contributed by atoms with van der Waals surface area (Å²) in [6.07, 6.45) is 65.6. The molecule has 0 radical (unpaired) electrons. The molecule has 6 heteroatoms. The van der Waals surface area contributed by atoms with E-state index in [2.05, 4.69) is 45.1 Å². The summed E-state index contributed by atoms with van der Waals surface area (Å²) in [6.45, 7) is 6.43. The van der Waals surface area contributed by atoms with E-state index in [0.29, 0.717) is 19.3 Å². The van der Waals surface area contributed by atoms with E-state index in [0.717, 1.165) is 77.0 Å². The van der Waals surface area contributed by atoms with Crippen molar-refractivity contribution in [3.05, 3.63) is 85.1 Å². The standard InChI is InChI=1S/C57H96O6/c1-4-7-10-13-16-19-22-25-27-29-31-32-35-38-41-44-47-50-56(59)62-53-54(52-61-55(58)49-46-43-40-37-34-24-21-18-15-12-9-6-3)63-57(60)51-48-45-42-39-36-33-30-28-26-23-20-17-14-11-8-5-2/h7,10,13,16,18-19,21-22,25,27,29,31-32,35,54H,4-6,8-9,11-12,14-15,17,20,23-24,26,28,30,33-34,36-53H2,1-3H3/b10-7-,16-13-,21-18-,22-19-,27-25-,31-29+,35-32-. The summed E-state index contributed by atoms with van der Waals surface area (Å²) in [7, 11) is 0. The predicted molar refractivity (Wildman–Crippen MR) is 270 cm³/mol. The van der Waals surface area contributed by atoms with Crippen molar-refractivity contribution in [1.82, 2.24) is 0 Å². The lowest BCUT2D eigenvalue weighted by atomic mass is 10.0. The molecule has 0 bridgehead atoms. The van der Waals surface area contributed by atoms with Crippen molar-refractivity contribution >= 4 is 17.9 Å². The van der Waals surface area contributed by atoms with Crippen LogP contribution < -0.4 is 0 Å². The lowest BCUT2D eigenvalue weighted by Gasteiger charge is -2.18. The summed E-state index contributed by atoms with van der Waals surface area (Å²) >= 11 is 0. The normalized spacial score (nSPS) is 12.7. The summed E-state index contributed by atoms with van der Waals surface area (Å²) in [6, 6.07) is 0. The average Bonchev–Trinajstić information content (AvgIpc) is 3.28. The smallest absolute Gasteiger partial charge is 0.306 e. The Morgan fingerprint density at radius 2 is 0.635 bits per heavy atom. The first-order chi connectivity index (χ1) is 31.0. The number of carbonyl (C=O) groups is 3. The summed E-state index contributed by atoms with van der Waals surface area (Å²) < 4.78 is 16.8. The minimum absolute atomic E-state index is 0.0943. The number of esters is 3. The first-order valence-electron chi connectivity index (χ1n) is 26.2. The molecule has 0 aromatic rings. The molecule has 0 saturated carbocycles. The van der Waals surface area contributed by atoms with Crippen molar-refractivity contribution < 1.29 is 28.6 Å². The molecule has 0 aromatic heterocycles. The molecule has 0 amide bonds. The fourth-order valence-corrected chi connectivity index (χ4v) is 7.12. The predicted octanol–water partition coefficient (Wildman–Crippen LogP) is 17.2. The molecule has 1 unspecified atom stereocenters. The number of ether oxygens (including phenoxy) is 3. The summed E-state index contributed by atoms with van der Waals surface area (Å²) in [5.74, 6) is -0.945. The fraction of sp³-hybridized carbons (Fsp3) is 0.702. The van der Waals surface area contributed by atoms with Crippen LogP contribution in [0.4, 0.5) is 0 Å². The van der Waals surface area contributed by atoms with Crippen LogP contribution in [0.3, 0.4) is 0 Å². The van der Waals surface area contributed by atoms with Crippen molar-refractivity contribution in [3.8, 4) is 0 Å². The van der Waals surface area contributed by atoms with E-state index in [4.69, 9.17) is 14.2 Å². The second kappa shape index (κ2) is 51.2. The van der Waals surface area contributed by atoms with Gasteiger partial charge in [-0.1, -0.05) is 241 Å². The van der Waals surface area contributed by atoms with Crippen molar-refractivity contribution in [2.75, 3.05) is 13.2 Å². The Hall–Kier alpha value is -3.41. The zero-order valence-electron chi connectivity index (χ0n) is 41.1. The molecule has 0 N–H and O–H groups in total. The average molecular weight is 877 g/mol. The largest absolute Gasteiger partial charge is 0.462 e. The van der Waals surface area contributed by atoms with Crippen LogP contribution in [-0.4, -0.2) is 37.2 Å². The Morgan fingerprint density at radius 1 is 0.333 bits per heavy atom. The maximum atomic E-state index is 12.8. The van der Waals surface area contributed by atoms with Gasteiger partial charge in [-0.05, 0) is 64.2 Å². The first-order valence-corrected chi connectivity index (χ1v) is 26.2. The monoisotopic (exact) mass is 877 g/mol. The van der Waals surface area contributed by atoms with Crippen LogP contribution in [0.25, 0.3) is 0 Å². The number of rotatable bonds is 46. The number of hydrogen-bond donors (Lipinski definition) is 0. The molecule has 0 saturated heterocycles. The van der Waals surface area contributed by atoms with Gasteiger partial charge in [0.25, 0.3) is 0 Å².